The molecule has 0 spiro atoms. The van der Waals surface area contributed by atoms with Crippen LogP contribution in [0.2, 0.25) is 0 Å². The summed E-state index contributed by atoms with van der Waals surface area (Å²) in [7, 11) is 0. The number of rotatable bonds is 6. The van der Waals surface area contributed by atoms with Gasteiger partial charge in [0.15, 0.2) is 0 Å². The normalized spacial score (nSPS) is 12.2. The molecule has 1 atom stereocenters. The summed E-state index contributed by atoms with van der Waals surface area (Å²) in [5.41, 5.74) is 7.17. The minimum absolute atomic E-state index is 0.0661. The number of nitrogens with two attached hydrogens (primary N) is 1. The fourth-order valence-corrected chi connectivity index (χ4v) is 2.59. The molecule has 3 N–H and O–H groups in total. The second-order valence-electron chi connectivity index (χ2n) is 5.89. The highest BCUT2D eigenvalue weighted by atomic mass is 16.2. The van der Waals surface area contributed by atoms with E-state index in [1.165, 1.54) is 0 Å². The zero-order chi connectivity index (χ0) is 16.8. The fraction of sp³-hybridized carbons (Fsp3) is 0.263. The largest absolute Gasteiger partial charge is 0.368 e. The molecule has 0 unspecified atom stereocenters. The molecule has 0 aliphatic rings. The molecular weight excluding hydrogens is 288 g/mol. The van der Waals surface area contributed by atoms with E-state index in [-0.39, 0.29) is 11.8 Å². The number of nitrogens with one attached hydrogen (secondary N) is 1. The molecule has 0 saturated heterocycles. The molecule has 4 nitrogen and oxygen atoms in total. The number of hydrogen-bond acceptors (Lipinski definition) is 2. The summed E-state index contributed by atoms with van der Waals surface area (Å²) < 4.78 is 0. The standard InChI is InChI=1S/C19H22N2O2/c1-13(2)17(18(20)22)21-19(23)16(14-9-5-3-6-10-14)15-11-7-4-8-12-15/h3-13,16-17H,1-2H3,(H2,20,22)(H,21,23)/t17-/m1/s1. The molecule has 2 rings (SSSR count). The van der Waals surface area contributed by atoms with Gasteiger partial charge in [-0.05, 0) is 17.0 Å². The van der Waals surface area contributed by atoms with Crippen LogP contribution in [0.25, 0.3) is 0 Å². The van der Waals surface area contributed by atoms with Crippen molar-refractivity contribution in [2.75, 3.05) is 0 Å². The number of amides is 2. The molecule has 23 heavy (non-hydrogen) atoms. The van der Waals surface area contributed by atoms with Crippen molar-refractivity contribution in [3.63, 3.8) is 0 Å². The Labute approximate surface area is 136 Å². The Balaban J connectivity index is 2.34. The van der Waals surface area contributed by atoms with Gasteiger partial charge < -0.3 is 11.1 Å². The van der Waals surface area contributed by atoms with E-state index in [0.29, 0.717) is 0 Å². The van der Waals surface area contributed by atoms with Crippen LogP contribution >= 0.6 is 0 Å². The molecule has 2 aromatic rings. The van der Waals surface area contributed by atoms with E-state index in [2.05, 4.69) is 5.32 Å². The number of carbonyl (C=O) groups excluding carboxylic acids is 2. The van der Waals surface area contributed by atoms with Gasteiger partial charge in [-0.2, -0.15) is 0 Å². The van der Waals surface area contributed by atoms with Crippen LogP contribution in [0.1, 0.15) is 30.9 Å². The summed E-state index contributed by atoms with van der Waals surface area (Å²) in [5.74, 6) is -1.28. The van der Waals surface area contributed by atoms with Gasteiger partial charge in [-0.15, -0.1) is 0 Å². The third-order valence-corrected chi connectivity index (χ3v) is 3.80. The molecule has 4 heteroatoms. The third-order valence-electron chi connectivity index (χ3n) is 3.80. The second-order valence-corrected chi connectivity index (χ2v) is 5.89. The van der Waals surface area contributed by atoms with Gasteiger partial charge in [-0.3, -0.25) is 9.59 Å². The minimum Gasteiger partial charge on any atom is -0.368 e. The first-order valence-electron chi connectivity index (χ1n) is 7.70. The molecule has 2 aromatic carbocycles. The molecule has 0 saturated carbocycles. The number of hydrogen-bond donors (Lipinski definition) is 2. The lowest BCUT2D eigenvalue weighted by molar-refractivity contribution is -0.128. The molecule has 0 fully saturated rings. The molecule has 0 aliphatic heterocycles. The van der Waals surface area contributed by atoms with E-state index in [9.17, 15) is 9.59 Å². The van der Waals surface area contributed by atoms with Crippen molar-refractivity contribution in [2.45, 2.75) is 25.8 Å². The first-order valence-corrected chi connectivity index (χ1v) is 7.70. The monoisotopic (exact) mass is 310 g/mol. The lowest BCUT2D eigenvalue weighted by Gasteiger charge is -2.23. The summed E-state index contributed by atoms with van der Waals surface area (Å²) >= 11 is 0. The number of primary amides is 1. The molecule has 0 bridgehead atoms. The first-order chi connectivity index (χ1) is 11.0. The Kier molecular flexibility index (Phi) is 5.52. The van der Waals surface area contributed by atoms with Crippen molar-refractivity contribution in [3.05, 3.63) is 71.8 Å². The highest BCUT2D eigenvalue weighted by Gasteiger charge is 2.28. The zero-order valence-corrected chi connectivity index (χ0v) is 13.4. The van der Waals surface area contributed by atoms with Gasteiger partial charge in [0.1, 0.15) is 6.04 Å². The van der Waals surface area contributed by atoms with Crippen LogP contribution in [0, 0.1) is 5.92 Å². The SMILES string of the molecule is CC(C)[C@@H](NC(=O)C(c1ccccc1)c1ccccc1)C(N)=O. The molecular formula is C19H22N2O2. The van der Waals surface area contributed by atoms with Gasteiger partial charge in [-0.25, -0.2) is 0 Å². The van der Waals surface area contributed by atoms with E-state index < -0.39 is 17.9 Å². The van der Waals surface area contributed by atoms with Crippen LogP contribution < -0.4 is 11.1 Å². The molecule has 120 valence electrons. The highest BCUT2D eigenvalue weighted by molar-refractivity contribution is 5.92. The van der Waals surface area contributed by atoms with Crippen molar-refractivity contribution >= 4 is 11.8 Å². The summed E-state index contributed by atoms with van der Waals surface area (Å²) in [6.07, 6.45) is 0. The van der Waals surface area contributed by atoms with E-state index >= 15 is 0 Å². The quantitative estimate of drug-likeness (QED) is 0.860. The Hall–Kier alpha value is -2.62. The Morgan fingerprint density at radius 3 is 1.65 bits per heavy atom. The predicted octanol–water partition coefficient (Wildman–Crippen LogP) is 2.44. The average Bonchev–Trinajstić information content (AvgIpc) is 2.54. The zero-order valence-electron chi connectivity index (χ0n) is 13.4. The van der Waals surface area contributed by atoms with Crippen molar-refractivity contribution < 1.29 is 9.59 Å². The van der Waals surface area contributed by atoms with Crippen LogP contribution in [0.15, 0.2) is 60.7 Å². The van der Waals surface area contributed by atoms with Crippen molar-refractivity contribution in [1.82, 2.24) is 5.32 Å². The van der Waals surface area contributed by atoms with E-state index in [4.69, 9.17) is 5.73 Å². The van der Waals surface area contributed by atoms with Crippen molar-refractivity contribution in [3.8, 4) is 0 Å². The smallest absolute Gasteiger partial charge is 0.240 e. The minimum atomic E-state index is -0.683. The Morgan fingerprint density at radius 1 is 0.870 bits per heavy atom. The van der Waals surface area contributed by atoms with E-state index in [1.54, 1.807) is 0 Å². The molecule has 0 aliphatic carbocycles. The average molecular weight is 310 g/mol. The maximum absolute atomic E-state index is 12.8. The van der Waals surface area contributed by atoms with Crippen molar-refractivity contribution in [2.24, 2.45) is 11.7 Å². The van der Waals surface area contributed by atoms with Gasteiger partial charge in [0.2, 0.25) is 11.8 Å². The summed E-state index contributed by atoms with van der Waals surface area (Å²) in [6, 6.07) is 18.3. The van der Waals surface area contributed by atoms with Gasteiger partial charge in [0.05, 0.1) is 5.92 Å². The maximum atomic E-state index is 12.8. The molecule has 0 aromatic heterocycles. The summed E-state index contributed by atoms with van der Waals surface area (Å²) in [6.45, 7) is 3.71. The molecule has 2 amide bonds. The van der Waals surface area contributed by atoms with Crippen LogP contribution in [0.5, 0.6) is 0 Å². The van der Waals surface area contributed by atoms with Gasteiger partial charge in [-0.1, -0.05) is 74.5 Å². The fourth-order valence-electron chi connectivity index (χ4n) is 2.59. The first kappa shape index (κ1) is 16.7. The topological polar surface area (TPSA) is 72.2 Å². The molecule has 0 heterocycles. The third kappa shape index (κ3) is 4.19. The van der Waals surface area contributed by atoms with E-state index in [1.807, 2.05) is 74.5 Å². The molecule has 0 radical (unpaired) electrons. The Morgan fingerprint density at radius 2 is 1.30 bits per heavy atom. The predicted molar refractivity (Wildman–Crippen MR) is 90.7 cm³/mol. The van der Waals surface area contributed by atoms with Crippen LogP contribution in [0.4, 0.5) is 0 Å². The summed E-state index contributed by atoms with van der Waals surface area (Å²) in [4.78, 5) is 24.4. The highest BCUT2D eigenvalue weighted by Crippen LogP contribution is 2.25. The second kappa shape index (κ2) is 7.58. The van der Waals surface area contributed by atoms with Gasteiger partial charge in [0, 0.05) is 0 Å². The van der Waals surface area contributed by atoms with E-state index in [0.717, 1.165) is 11.1 Å². The lowest BCUT2D eigenvalue weighted by Crippen LogP contribution is -2.49. The number of carbonyl (C=O) groups is 2. The van der Waals surface area contributed by atoms with Gasteiger partial charge >= 0.3 is 0 Å². The lowest BCUT2D eigenvalue weighted by atomic mass is 9.89. The number of benzene rings is 2. The van der Waals surface area contributed by atoms with Crippen LogP contribution in [-0.2, 0) is 9.59 Å². The summed E-state index contributed by atoms with van der Waals surface area (Å²) in [5, 5.41) is 2.80. The maximum Gasteiger partial charge on any atom is 0.240 e. The van der Waals surface area contributed by atoms with Crippen molar-refractivity contribution in [1.29, 1.82) is 0 Å². The Bertz CT molecular complexity index is 614. The van der Waals surface area contributed by atoms with Gasteiger partial charge in [0.25, 0.3) is 0 Å². The van der Waals surface area contributed by atoms with Crippen LogP contribution in [0.3, 0.4) is 0 Å². The van der Waals surface area contributed by atoms with Crippen LogP contribution in [-0.4, -0.2) is 17.9 Å².